The second-order valence-corrected chi connectivity index (χ2v) is 7.11. The van der Waals surface area contributed by atoms with Crippen LogP contribution in [0.25, 0.3) is 11.1 Å². The molecule has 0 atom stereocenters. The van der Waals surface area contributed by atoms with E-state index in [2.05, 4.69) is 0 Å². The minimum Gasteiger partial charge on any atom is -0.151 e. The van der Waals surface area contributed by atoms with Gasteiger partial charge in [0.05, 0.1) is 0 Å². The van der Waals surface area contributed by atoms with Gasteiger partial charge in [0.25, 0.3) is 0 Å². The Balaban J connectivity index is 2.48. The van der Waals surface area contributed by atoms with Crippen LogP contribution in [0.15, 0.2) is 39.9 Å². The van der Waals surface area contributed by atoms with E-state index in [0.29, 0.717) is 17.7 Å². The second-order valence-electron chi connectivity index (χ2n) is 3.96. The molecule has 0 aliphatic heterocycles. The Morgan fingerprint density at radius 1 is 0.889 bits per heavy atom. The number of aryl methyl sites for hydroxylation is 1. The lowest BCUT2D eigenvalue weighted by Gasteiger charge is -2.40. The fourth-order valence-electron chi connectivity index (χ4n) is 1.55. The van der Waals surface area contributed by atoms with Gasteiger partial charge in [-0.25, -0.2) is 0 Å². The highest BCUT2D eigenvalue weighted by atomic mass is 32.5. The van der Waals surface area contributed by atoms with Crippen LogP contribution < -0.4 is 0 Å². The van der Waals surface area contributed by atoms with Crippen molar-refractivity contribution in [1.82, 2.24) is 0 Å². The van der Waals surface area contributed by atoms with Crippen LogP contribution in [0.5, 0.6) is 0 Å². The maximum atomic E-state index is 12.5. The molecule has 0 radical (unpaired) electrons. The molecular weight excluding hydrogens is 291 g/mol. The molecule has 0 aliphatic rings. The van der Waals surface area contributed by atoms with Crippen molar-refractivity contribution in [1.29, 1.82) is 0 Å². The van der Waals surface area contributed by atoms with Gasteiger partial charge in [-0.1, -0.05) is 31.6 Å². The zero-order valence-electron chi connectivity index (χ0n) is 9.17. The van der Waals surface area contributed by atoms with Gasteiger partial charge in [0, 0.05) is 0 Å². The average Bonchev–Trinajstić information content (AvgIpc) is 2.61. The predicted octanol–water partition coefficient (Wildman–Crippen LogP) is 6.38. The molecule has 0 saturated heterocycles. The van der Waals surface area contributed by atoms with Crippen LogP contribution in [0.2, 0.25) is 0 Å². The van der Waals surface area contributed by atoms with E-state index in [-0.39, 0.29) is 0 Å². The number of thiophene rings is 1. The van der Waals surface area contributed by atoms with Gasteiger partial charge in [0.15, 0.2) is 0 Å². The second kappa shape index (κ2) is 3.27. The van der Waals surface area contributed by atoms with Gasteiger partial charge in [0.2, 0.25) is 0 Å². The third-order valence-electron chi connectivity index (χ3n) is 2.47. The largest absolute Gasteiger partial charge is 0.310 e. The summed E-state index contributed by atoms with van der Waals surface area (Å²) in [5.74, 6) is 0. The average molecular weight is 300 g/mol. The van der Waals surface area contributed by atoms with Crippen LogP contribution in [-0.4, -0.2) is 0 Å². The quantitative estimate of drug-likeness (QED) is 0.564. The first-order valence-electron chi connectivity index (χ1n) is 4.85. The van der Waals surface area contributed by atoms with Gasteiger partial charge >= 0.3 is 10.2 Å². The van der Waals surface area contributed by atoms with Crippen molar-refractivity contribution < 1.29 is 19.4 Å². The molecule has 0 unspecified atom stereocenters. The zero-order valence-corrected chi connectivity index (χ0v) is 10.8. The molecule has 1 aromatic heterocycles. The Labute approximate surface area is 105 Å². The third-order valence-corrected chi connectivity index (χ3v) is 4.49. The number of halogens is 5. The van der Waals surface area contributed by atoms with E-state index in [4.69, 9.17) is 0 Å². The molecule has 0 N–H and O–H groups in total. The highest BCUT2D eigenvalue weighted by Crippen LogP contribution is 3.02. The van der Waals surface area contributed by atoms with E-state index in [1.54, 1.807) is 5.38 Å². The molecular formula is C11H9F5S2. The maximum absolute atomic E-state index is 12.5. The van der Waals surface area contributed by atoms with Crippen LogP contribution >= 0.6 is 21.6 Å². The van der Waals surface area contributed by atoms with Gasteiger partial charge < -0.3 is 0 Å². The molecule has 2 rings (SSSR count). The first-order valence-corrected chi connectivity index (χ1v) is 7.74. The third kappa shape index (κ3) is 2.67. The molecule has 18 heavy (non-hydrogen) atoms. The van der Waals surface area contributed by atoms with Gasteiger partial charge in [-0.15, -0.1) is 0 Å². The van der Waals surface area contributed by atoms with Gasteiger partial charge in [-0.05, 0) is 46.5 Å². The molecule has 0 bridgehead atoms. The molecule has 0 nitrogen and oxygen atoms in total. The summed E-state index contributed by atoms with van der Waals surface area (Å²) in [6.45, 7) is 1.81. The summed E-state index contributed by atoms with van der Waals surface area (Å²) in [5.41, 5.74) is 2.16. The Hall–Kier alpha value is -1.08. The van der Waals surface area contributed by atoms with Crippen molar-refractivity contribution in [2.45, 2.75) is 11.8 Å². The van der Waals surface area contributed by atoms with Crippen molar-refractivity contribution in [2.24, 2.45) is 0 Å². The van der Waals surface area contributed by atoms with Crippen LogP contribution in [0.1, 0.15) is 5.56 Å². The van der Waals surface area contributed by atoms with E-state index in [9.17, 15) is 19.4 Å². The summed E-state index contributed by atoms with van der Waals surface area (Å²) in [6.07, 6.45) is 0. The summed E-state index contributed by atoms with van der Waals surface area (Å²) >= 11 is 1.41. The Morgan fingerprint density at radius 2 is 1.44 bits per heavy atom. The number of hydrogen-bond acceptors (Lipinski definition) is 1. The van der Waals surface area contributed by atoms with Crippen LogP contribution in [0.3, 0.4) is 0 Å². The summed E-state index contributed by atoms with van der Waals surface area (Å²) in [7, 11) is -9.56. The number of benzene rings is 1. The molecule has 0 saturated carbocycles. The van der Waals surface area contributed by atoms with Gasteiger partial charge in [-0.2, -0.15) is 11.3 Å². The fourth-order valence-corrected chi connectivity index (χ4v) is 3.06. The van der Waals surface area contributed by atoms with Crippen molar-refractivity contribution in [3.63, 3.8) is 0 Å². The summed E-state index contributed by atoms with van der Waals surface area (Å²) in [6, 6.07) is 3.02. The normalized spacial score (nSPS) is 16.1. The lowest BCUT2D eigenvalue weighted by molar-refractivity contribution is 0.364. The smallest absolute Gasteiger partial charge is 0.151 e. The molecule has 7 heteroatoms. The zero-order chi connectivity index (χ0) is 13.7. The van der Waals surface area contributed by atoms with E-state index in [1.807, 2.05) is 12.3 Å². The SMILES string of the molecule is Cc1cscc1-c1ccc(S(F)(F)(F)(F)F)cc1. The summed E-state index contributed by atoms with van der Waals surface area (Å²) < 4.78 is 62.5. The Kier molecular flexibility index (Phi) is 2.43. The molecule has 100 valence electrons. The molecule has 0 fully saturated rings. The topological polar surface area (TPSA) is 0 Å². The highest BCUT2D eigenvalue weighted by Gasteiger charge is 2.65. The lowest BCUT2D eigenvalue weighted by atomic mass is 10.1. The van der Waals surface area contributed by atoms with Crippen molar-refractivity contribution in [3.8, 4) is 11.1 Å². The molecule has 0 spiro atoms. The molecule has 0 aliphatic carbocycles. The lowest BCUT2D eigenvalue weighted by Crippen LogP contribution is -2.05. The van der Waals surface area contributed by atoms with E-state index < -0.39 is 15.1 Å². The van der Waals surface area contributed by atoms with Gasteiger partial charge in [-0.3, -0.25) is 0 Å². The standard InChI is InChI=1S/C11H9F5S2/c1-8-6-17-7-11(8)9-2-4-10(5-3-9)18(12,13,14,15)16/h2-7H,1H3. The predicted molar refractivity (Wildman–Crippen MR) is 65.9 cm³/mol. The minimum atomic E-state index is -9.56. The molecule has 1 aromatic carbocycles. The summed E-state index contributed by atoms with van der Waals surface area (Å²) in [4.78, 5) is -1.85. The van der Waals surface area contributed by atoms with Crippen molar-refractivity contribution in [2.75, 3.05) is 0 Å². The Morgan fingerprint density at radius 3 is 1.83 bits per heavy atom. The van der Waals surface area contributed by atoms with Gasteiger partial charge in [0.1, 0.15) is 4.90 Å². The first kappa shape index (κ1) is 13.4. The van der Waals surface area contributed by atoms with Crippen LogP contribution in [0, 0.1) is 6.92 Å². The van der Waals surface area contributed by atoms with Crippen LogP contribution in [-0.2, 0) is 0 Å². The van der Waals surface area contributed by atoms with Crippen molar-refractivity contribution in [3.05, 3.63) is 40.6 Å². The van der Waals surface area contributed by atoms with E-state index >= 15 is 0 Å². The van der Waals surface area contributed by atoms with E-state index in [1.165, 1.54) is 11.3 Å². The molecule has 1 heterocycles. The Bertz CT molecular complexity index is 580. The van der Waals surface area contributed by atoms with E-state index in [0.717, 1.165) is 23.3 Å². The maximum Gasteiger partial charge on any atom is 0.310 e. The molecule has 2 aromatic rings. The first-order chi connectivity index (χ1) is 7.97. The number of hydrogen-bond donors (Lipinski definition) is 0. The summed E-state index contributed by atoms with van der Waals surface area (Å²) in [5, 5.41) is 3.61. The van der Waals surface area contributed by atoms with Crippen molar-refractivity contribution >= 4 is 21.6 Å². The molecule has 0 amide bonds. The van der Waals surface area contributed by atoms with Crippen LogP contribution in [0.4, 0.5) is 19.4 Å². The monoisotopic (exact) mass is 300 g/mol. The fraction of sp³-hybridized carbons (Fsp3) is 0.0909. The highest BCUT2D eigenvalue weighted by molar-refractivity contribution is 8.45. The minimum absolute atomic E-state index is 0.438. The number of rotatable bonds is 2.